The zero-order valence-corrected chi connectivity index (χ0v) is 15.6. The Balaban J connectivity index is 1.50. The van der Waals surface area contributed by atoms with E-state index in [1.54, 1.807) is 11.3 Å². The molecule has 1 aliphatic heterocycles. The number of nitrogens with zero attached hydrogens (tertiary/aromatic N) is 3. The summed E-state index contributed by atoms with van der Waals surface area (Å²) in [5.41, 5.74) is 2.26. The monoisotopic (exact) mass is 370 g/mol. The summed E-state index contributed by atoms with van der Waals surface area (Å²) in [6.07, 6.45) is 0.905. The molecule has 2 atom stereocenters. The number of thiophene rings is 1. The molecule has 0 fully saturated rings. The normalized spacial score (nSPS) is 17.5. The van der Waals surface area contributed by atoms with Crippen LogP contribution in [-0.2, 0) is 11.2 Å². The van der Waals surface area contributed by atoms with Crippen LogP contribution in [0.2, 0.25) is 0 Å². The minimum Gasteiger partial charge on any atom is -0.308 e. The Morgan fingerprint density at radius 1 is 1.36 bits per heavy atom. The largest absolute Gasteiger partial charge is 0.308 e. The van der Waals surface area contributed by atoms with E-state index < -0.39 is 0 Å². The lowest BCUT2D eigenvalue weighted by Crippen LogP contribution is -2.40. The number of para-hydroxylation sites is 1. The van der Waals surface area contributed by atoms with Crippen LogP contribution in [0.5, 0.6) is 0 Å². The zero-order chi connectivity index (χ0) is 17.4. The van der Waals surface area contributed by atoms with Crippen molar-refractivity contribution >= 4 is 34.7 Å². The minimum absolute atomic E-state index is 0.102. The van der Waals surface area contributed by atoms with Crippen molar-refractivity contribution in [3.05, 3.63) is 47.3 Å². The van der Waals surface area contributed by atoms with Gasteiger partial charge in [-0.1, -0.05) is 36.0 Å². The number of carbonyl (C=O) groups excluding carboxylic acids is 1. The second-order valence-corrected chi connectivity index (χ2v) is 8.35. The van der Waals surface area contributed by atoms with E-state index in [1.807, 2.05) is 47.5 Å². The van der Waals surface area contributed by atoms with Crippen LogP contribution in [0.15, 0.2) is 46.9 Å². The summed E-state index contributed by atoms with van der Waals surface area (Å²) >= 11 is 3.00. The number of carbonyl (C=O) groups is 1. The lowest BCUT2D eigenvalue weighted by molar-refractivity contribution is -0.118. The lowest BCUT2D eigenvalue weighted by Gasteiger charge is -2.25. The van der Waals surface area contributed by atoms with Crippen LogP contribution in [0.3, 0.4) is 0 Å². The quantitative estimate of drug-likeness (QED) is 0.706. The van der Waals surface area contributed by atoms with Gasteiger partial charge in [-0.2, -0.15) is 0 Å². The molecule has 1 aromatic carbocycles. The van der Waals surface area contributed by atoms with E-state index in [0.717, 1.165) is 22.8 Å². The van der Waals surface area contributed by atoms with Crippen molar-refractivity contribution < 1.29 is 4.79 Å². The van der Waals surface area contributed by atoms with E-state index in [-0.39, 0.29) is 17.2 Å². The summed E-state index contributed by atoms with van der Waals surface area (Å²) in [5, 5.41) is 9.55. The molecular weight excluding hydrogens is 352 g/mol. The second kappa shape index (κ2) is 6.65. The topological polar surface area (TPSA) is 61.9 Å². The number of benzene rings is 1. The molecule has 7 heteroatoms. The number of H-pyrrole nitrogens is 1. The smallest absolute Gasteiger partial charge is 0.240 e. The molecule has 0 bridgehead atoms. The van der Waals surface area contributed by atoms with Gasteiger partial charge >= 0.3 is 0 Å². The minimum atomic E-state index is -0.249. The van der Waals surface area contributed by atoms with Gasteiger partial charge in [-0.3, -0.25) is 9.89 Å². The number of hydrogen-bond donors (Lipinski definition) is 1. The van der Waals surface area contributed by atoms with Gasteiger partial charge in [0.15, 0.2) is 5.82 Å². The fourth-order valence-corrected chi connectivity index (χ4v) is 4.57. The highest BCUT2D eigenvalue weighted by Crippen LogP contribution is 2.34. The number of thioether (sulfide) groups is 1. The summed E-state index contributed by atoms with van der Waals surface area (Å²) in [4.78, 5) is 20.5. The van der Waals surface area contributed by atoms with Gasteiger partial charge in [0.2, 0.25) is 11.1 Å². The molecule has 2 aromatic heterocycles. The van der Waals surface area contributed by atoms with E-state index >= 15 is 0 Å². The van der Waals surface area contributed by atoms with Crippen LogP contribution < -0.4 is 4.90 Å². The van der Waals surface area contributed by atoms with Gasteiger partial charge in [0, 0.05) is 11.7 Å². The molecule has 1 amide bonds. The van der Waals surface area contributed by atoms with Crippen LogP contribution in [0.1, 0.15) is 19.4 Å². The summed E-state index contributed by atoms with van der Waals surface area (Å²) < 4.78 is 0. The van der Waals surface area contributed by atoms with Crippen molar-refractivity contribution in [1.29, 1.82) is 0 Å². The maximum Gasteiger partial charge on any atom is 0.240 e. The van der Waals surface area contributed by atoms with Crippen LogP contribution in [0.25, 0.3) is 10.7 Å². The molecule has 0 saturated carbocycles. The first-order valence-corrected chi connectivity index (χ1v) is 9.93. The van der Waals surface area contributed by atoms with Crippen LogP contribution in [-0.4, -0.2) is 32.4 Å². The Bertz CT molecular complexity index is 890. The summed E-state index contributed by atoms with van der Waals surface area (Å²) in [5.74, 6) is 0.849. The first kappa shape index (κ1) is 16.4. The number of aromatic amines is 1. The van der Waals surface area contributed by atoms with E-state index in [1.165, 1.54) is 17.3 Å². The van der Waals surface area contributed by atoms with Gasteiger partial charge in [-0.05, 0) is 43.3 Å². The SMILES string of the molecule is C[C@@H]1Cc2ccccc2N1C(=O)[C@@H](C)Sc1n[nH]c(-c2cccs2)n1. The molecule has 25 heavy (non-hydrogen) atoms. The average Bonchev–Trinajstić information content (AvgIpc) is 3.32. The molecule has 3 heterocycles. The third-order valence-corrected chi connectivity index (χ3v) is 6.12. The summed E-state index contributed by atoms with van der Waals surface area (Å²) in [7, 11) is 0. The Morgan fingerprint density at radius 3 is 3.00 bits per heavy atom. The Kier molecular flexibility index (Phi) is 4.35. The highest BCUT2D eigenvalue weighted by atomic mass is 32.2. The average molecular weight is 371 g/mol. The standard InChI is InChI=1S/C18H18N4OS2/c1-11-10-13-6-3-4-7-14(13)22(11)17(23)12(2)25-18-19-16(20-21-18)15-8-5-9-24-15/h3-9,11-12H,10H2,1-2H3,(H,19,20,21)/t11-,12-/m1/s1. The van der Waals surface area contributed by atoms with Crippen LogP contribution in [0, 0.1) is 0 Å². The highest BCUT2D eigenvalue weighted by molar-refractivity contribution is 8.00. The molecule has 5 nitrogen and oxygen atoms in total. The van der Waals surface area contributed by atoms with Crippen molar-refractivity contribution in [2.75, 3.05) is 4.90 Å². The molecule has 128 valence electrons. The Labute approximate surface area is 154 Å². The number of hydrogen-bond acceptors (Lipinski definition) is 5. The number of rotatable bonds is 4. The molecule has 1 N–H and O–H groups in total. The van der Waals surface area contributed by atoms with Gasteiger partial charge in [0.25, 0.3) is 0 Å². The number of amides is 1. The van der Waals surface area contributed by atoms with Crippen LogP contribution in [0.4, 0.5) is 5.69 Å². The first-order valence-electron chi connectivity index (χ1n) is 8.17. The van der Waals surface area contributed by atoms with E-state index in [4.69, 9.17) is 0 Å². The number of nitrogens with one attached hydrogen (secondary N) is 1. The molecule has 0 spiro atoms. The molecule has 3 aromatic rings. The van der Waals surface area contributed by atoms with E-state index in [9.17, 15) is 4.79 Å². The Hall–Kier alpha value is -2.12. The van der Waals surface area contributed by atoms with Gasteiger partial charge in [-0.15, -0.1) is 16.4 Å². The predicted molar refractivity (Wildman–Crippen MR) is 102 cm³/mol. The van der Waals surface area contributed by atoms with Gasteiger partial charge in [0.1, 0.15) is 0 Å². The highest BCUT2D eigenvalue weighted by Gasteiger charge is 2.33. The van der Waals surface area contributed by atoms with Crippen molar-refractivity contribution in [2.24, 2.45) is 0 Å². The fourth-order valence-electron chi connectivity index (χ4n) is 3.13. The van der Waals surface area contributed by atoms with Crippen molar-refractivity contribution in [1.82, 2.24) is 15.2 Å². The van der Waals surface area contributed by atoms with E-state index in [2.05, 4.69) is 28.2 Å². The number of anilines is 1. The molecule has 0 saturated heterocycles. The molecule has 0 unspecified atom stereocenters. The third-order valence-electron chi connectivity index (χ3n) is 4.29. The molecular formula is C18H18N4OS2. The van der Waals surface area contributed by atoms with Gasteiger partial charge in [-0.25, -0.2) is 4.98 Å². The molecule has 0 radical (unpaired) electrons. The van der Waals surface area contributed by atoms with E-state index in [0.29, 0.717) is 5.16 Å². The first-order chi connectivity index (χ1) is 12.1. The number of aromatic nitrogens is 3. The zero-order valence-electron chi connectivity index (χ0n) is 14.0. The van der Waals surface area contributed by atoms with Gasteiger partial charge in [0.05, 0.1) is 10.1 Å². The van der Waals surface area contributed by atoms with Crippen molar-refractivity contribution in [3.8, 4) is 10.7 Å². The predicted octanol–water partition coefficient (Wildman–Crippen LogP) is 3.99. The van der Waals surface area contributed by atoms with Crippen molar-refractivity contribution in [2.45, 2.75) is 36.7 Å². The third kappa shape index (κ3) is 3.09. The molecule has 0 aliphatic carbocycles. The van der Waals surface area contributed by atoms with Crippen LogP contribution >= 0.6 is 23.1 Å². The second-order valence-electron chi connectivity index (χ2n) is 6.09. The van der Waals surface area contributed by atoms with Gasteiger partial charge < -0.3 is 4.90 Å². The van der Waals surface area contributed by atoms with Crippen molar-refractivity contribution in [3.63, 3.8) is 0 Å². The summed E-state index contributed by atoms with van der Waals surface area (Å²) in [6, 6.07) is 12.3. The summed E-state index contributed by atoms with van der Waals surface area (Å²) in [6.45, 7) is 4.01. The fraction of sp³-hybridized carbons (Fsp3) is 0.278. The lowest BCUT2D eigenvalue weighted by atomic mass is 10.1. The molecule has 1 aliphatic rings. The number of fused-ring (bicyclic) bond motifs is 1. The Morgan fingerprint density at radius 2 is 2.20 bits per heavy atom. The maximum atomic E-state index is 13.0. The molecule has 4 rings (SSSR count). The maximum absolute atomic E-state index is 13.0.